The number of benzene rings is 1. The number of rotatable bonds is 3. The fourth-order valence-electron chi connectivity index (χ4n) is 1.89. The maximum atomic E-state index is 13.9. The van der Waals surface area contributed by atoms with Crippen LogP contribution in [0.5, 0.6) is 11.5 Å². The number of methoxy groups -OCH3 is 2. The molecular weight excluding hydrogens is 340 g/mol. The minimum absolute atomic E-state index is 0.170. The molecule has 0 radical (unpaired) electrons. The first-order chi connectivity index (χ1) is 9.39. The van der Waals surface area contributed by atoms with Gasteiger partial charge in [0.25, 0.3) is 0 Å². The van der Waals surface area contributed by atoms with Crippen LogP contribution in [-0.2, 0) is 4.74 Å². The normalized spacial score (nSPS) is 20.9. The van der Waals surface area contributed by atoms with Crippen molar-refractivity contribution >= 4 is 22.0 Å². The highest BCUT2D eigenvalue weighted by Crippen LogP contribution is 2.41. The highest BCUT2D eigenvalue weighted by atomic mass is 79.9. The summed E-state index contributed by atoms with van der Waals surface area (Å²) in [4.78, 5) is 11.2. The molecule has 1 heterocycles. The van der Waals surface area contributed by atoms with Crippen molar-refractivity contribution in [2.45, 2.75) is 12.0 Å². The molecule has 1 amide bonds. The van der Waals surface area contributed by atoms with Crippen molar-refractivity contribution in [2.75, 3.05) is 20.8 Å². The average Bonchev–Trinajstić information content (AvgIpc) is 2.42. The van der Waals surface area contributed by atoms with E-state index < -0.39 is 24.7 Å². The van der Waals surface area contributed by atoms with Gasteiger partial charge in [-0.1, -0.05) is 0 Å². The van der Waals surface area contributed by atoms with Gasteiger partial charge in [0.05, 0.1) is 14.2 Å². The Hall–Kier alpha value is -1.57. The van der Waals surface area contributed by atoms with Gasteiger partial charge in [0.2, 0.25) is 0 Å². The Bertz CT molecular complexity index is 513. The molecule has 0 saturated carbocycles. The van der Waals surface area contributed by atoms with Crippen LogP contribution in [0.2, 0.25) is 0 Å². The summed E-state index contributed by atoms with van der Waals surface area (Å²) in [5.41, 5.74) is 0.170. The van der Waals surface area contributed by atoms with Gasteiger partial charge in [-0.3, -0.25) is 0 Å². The Balaban J connectivity index is 2.47. The second-order valence-electron chi connectivity index (χ2n) is 4.15. The smallest absolute Gasteiger partial charge is 0.408 e. The van der Waals surface area contributed by atoms with E-state index in [9.17, 15) is 13.6 Å². The molecule has 5 nitrogen and oxygen atoms in total. The van der Waals surface area contributed by atoms with E-state index in [0.717, 1.165) is 0 Å². The topological polar surface area (TPSA) is 56.8 Å². The van der Waals surface area contributed by atoms with Gasteiger partial charge < -0.3 is 19.5 Å². The van der Waals surface area contributed by atoms with Crippen LogP contribution in [0.15, 0.2) is 16.6 Å². The van der Waals surface area contributed by atoms with E-state index >= 15 is 0 Å². The molecule has 110 valence electrons. The quantitative estimate of drug-likeness (QED) is 0.909. The number of carbonyl (C=O) groups is 1. The molecule has 1 atom stereocenters. The first-order valence-electron chi connectivity index (χ1n) is 5.61. The van der Waals surface area contributed by atoms with Gasteiger partial charge in [-0.25, -0.2) is 13.6 Å². The van der Waals surface area contributed by atoms with E-state index in [-0.39, 0.29) is 5.56 Å². The van der Waals surface area contributed by atoms with E-state index in [1.54, 1.807) is 0 Å². The van der Waals surface area contributed by atoms with E-state index in [2.05, 4.69) is 26.0 Å². The Morgan fingerprint density at radius 2 is 1.90 bits per heavy atom. The third-order valence-corrected chi connectivity index (χ3v) is 3.66. The van der Waals surface area contributed by atoms with Crippen molar-refractivity contribution < 1.29 is 27.8 Å². The highest BCUT2D eigenvalue weighted by Gasteiger charge is 2.47. The molecule has 0 aromatic heterocycles. The van der Waals surface area contributed by atoms with Crippen molar-refractivity contribution in [3.8, 4) is 11.5 Å². The zero-order valence-corrected chi connectivity index (χ0v) is 12.3. The van der Waals surface area contributed by atoms with Gasteiger partial charge >= 0.3 is 12.0 Å². The number of ether oxygens (including phenoxy) is 3. The molecule has 0 spiro atoms. The lowest BCUT2D eigenvalue weighted by atomic mass is 9.99. The highest BCUT2D eigenvalue weighted by molar-refractivity contribution is 9.10. The third-order valence-electron chi connectivity index (χ3n) is 2.88. The van der Waals surface area contributed by atoms with Crippen LogP contribution in [0.4, 0.5) is 13.6 Å². The molecule has 1 N–H and O–H groups in total. The minimum Gasteiger partial charge on any atom is -0.495 e. The van der Waals surface area contributed by atoms with Crippen molar-refractivity contribution in [1.82, 2.24) is 5.32 Å². The molecule has 1 saturated heterocycles. The Labute approximate surface area is 122 Å². The summed E-state index contributed by atoms with van der Waals surface area (Å²) in [5, 5.41) is 2.11. The van der Waals surface area contributed by atoms with Crippen LogP contribution in [0.25, 0.3) is 0 Å². The summed E-state index contributed by atoms with van der Waals surface area (Å²) in [6.07, 6.45) is -0.887. The minimum atomic E-state index is -3.22. The first-order valence-corrected chi connectivity index (χ1v) is 6.41. The molecule has 1 aromatic carbocycles. The fourth-order valence-corrected chi connectivity index (χ4v) is 2.45. The summed E-state index contributed by atoms with van der Waals surface area (Å²) in [6.45, 7) is -0.968. The van der Waals surface area contributed by atoms with Crippen molar-refractivity contribution in [3.63, 3.8) is 0 Å². The molecule has 0 bridgehead atoms. The predicted molar refractivity (Wildman–Crippen MR) is 69.4 cm³/mol. The molecule has 2 rings (SSSR count). The lowest BCUT2D eigenvalue weighted by Gasteiger charge is -2.32. The van der Waals surface area contributed by atoms with E-state index in [1.165, 1.54) is 26.4 Å². The first kappa shape index (κ1) is 14.8. The molecule has 20 heavy (non-hydrogen) atoms. The monoisotopic (exact) mass is 351 g/mol. The molecule has 1 fully saturated rings. The summed E-state index contributed by atoms with van der Waals surface area (Å²) in [5.74, 6) is -2.57. The van der Waals surface area contributed by atoms with Crippen molar-refractivity contribution in [2.24, 2.45) is 0 Å². The summed E-state index contributed by atoms with van der Waals surface area (Å²) in [7, 11) is 2.81. The predicted octanol–water partition coefficient (Wildman–Crippen LogP) is 2.88. The second kappa shape index (κ2) is 5.43. The van der Waals surface area contributed by atoms with Gasteiger partial charge in [-0.15, -0.1) is 0 Å². The Morgan fingerprint density at radius 1 is 1.35 bits per heavy atom. The summed E-state index contributed by atoms with van der Waals surface area (Å²) >= 11 is 3.25. The molecule has 1 aliphatic rings. The summed E-state index contributed by atoms with van der Waals surface area (Å²) < 4.78 is 42.7. The average molecular weight is 352 g/mol. The SMILES string of the molecule is COc1cc([C@@H]2NC(=O)OCC2(F)F)cc(OC)c1Br. The Kier molecular flexibility index (Phi) is 4.03. The maximum Gasteiger partial charge on any atom is 0.408 e. The second-order valence-corrected chi connectivity index (χ2v) is 4.95. The van der Waals surface area contributed by atoms with Crippen LogP contribution in [0, 0.1) is 0 Å². The number of alkyl halides is 2. The number of hydrogen-bond donors (Lipinski definition) is 1. The maximum absolute atomic E-state index is 13.9. The van der Waals surface area contributed by atoms with Gasteiger partial charge in [0.15, 0.2) is 6.61 Å². The van der Waals surface area contributed by atoms with Crippen molar-refractivity contribution in [3.05, 3.63) is 22.2 Å². The number of hydrogen-bond acceptors (Lipinski definition) is 4. The van der Waals surface area contributed by atoms with Crippen LogP contribution in [-0.4, -0.2) is 32.8 Å². The molecular formula is C12H12BrF2NO4. The van der Waals surface area contributed by atoms with E-state index in [0.29, 0.717) is 16.0 Å². The number of cyclic esters (lactones) is 1. The number of halogens is 3. The summed E-state index contributed by atoms with van der Waals surface area (Å²) in [6, 6.07) is 1.33. The van der Waals surface area contributed by atoms with Crippen LogP contribution in [0.1, 0.15) is 11.6 Å². The molecule has 8 heteroatoms. The van der Waals surface area contributed by atoms with Gasteiger partial charge in [0.1, 0.15) is 22.0 Å². The van der Waals surface area contributed by atoms with E-state index in [1.807, 2.05) is 0 Å². The molecule has 0 aliphatic carbocycles. The zero-order valence-electron chi connectivity index (χ0n) is 10.7. The lowest BCUT2D eigenvalue weighted by Crippen LogP contribution is -2.49. The van der Waals surface area contributed by atoms with Crippen LogP contribution < -0.4 is 14.8 Å². The largest absolute Gasteiger partial charge is 0.495 e. The van der Waals surface area contributed by atoms with E-state index in [4.69, 9.17) is 9.47 Å². The Morgan fingerprint density at radius 3 is 2.40 bits per heavy atom. The number of alkyl carbamates (subject to hydrolysis) is 1. The standard InChI is InChI=1S/C12H12BrF2NO4/c1-18-7-3-6(4-8(19-2)9(7)13)10-12(14,15)5-20-11(17)16-10/h3-4,10H,5H2,1-2H3,(H,16,17)/t10-/m0/s1. The number of amides is 1. The number of nitrogens with one attached hydrogen (secondary N) is 1. The van der Waals surface area contributed by atoms with Gasteiger partial charge in [-0.05, 0) is 33.6 Å². The fraction of sp³-hybridized carbons (Fsp3) is 0.417. The third kappa shape index (κ3) is 2.65. The van der Waals surface area contributed by atoms with Crippen LogP contribution in [0.3, 0.4) is 0 Å². The van der Waals surface area contributed by atoms with Gasteiger partial charge in [0, 0.05) is 0 Å². The lowest BCUT2D eigenvalue weighted by molar-refractivity contribution is -0.104. The number of carbonyl (C=O) groups excluding carboxylic acids is 1. The zero-order chi connectivity index (χ0) is 14.9. The van der Waals surface area contributed by atoms with Crippen LogP contribution >= 0.6 is 15.9 Å². The van der Waals surface area contributed by atoms with Gasteiger partial charge in [-0.2, -0.15) is 0 Å². The molecule has 0 unspecified atom stereocenters. The van der Waals surface area contributed by atoms with Crippen molar-refractivity contribution in [1.29, 1.82) is 0 Å². The molecule has 1 aromatic rings. The molecule has 1 aliphatic heterocycles.